The molecule has 0 saturated heterocycles. The van der Waals surface area contributed by atoms with Crippen LogP contribution >= 0.6 is 0 Å². The summed E-state index contributed by atoms with van der Waals surface area (Å²) < 4.78 is 5.07. The lowest BCUT2D eigenvalue weighted by molar-refractivity contribution is -0.383. The molecule has 6 heteroatoms. The molecular weight excluding hydrogens is 236 g/mol. The maximum absolute atomic E-state index is 11.5. The zero-order chi connectivity index (χ0) is 13.5. The van der Waals surface area contributed by atoms with Crippen LogP contribution in [-0.2, 0) is 9.53 Å². The molecule has 1 aromatic rings. The van der Waals surface area contributed by atoms with Gasteiger partial charge in [-0.25, -0.2) is 0 Å². The molecule has 1 rings (SSSR count). The molecule has 0 unspecified atom stereocenters. The third-order valence-corrected chi connectivity index (χ3v) is 2.20. The molecule has 0 saturated carbocycles. The van der Waals surface area contributed by atoms with Crippen molar-refractivity contribution in [1.82, 2.24) is 0 Å². The number of nitro benzene ring substituents is 1. The number of carbonyl (C=O) groups excluding carboxylic acids is 1. The van der Waals surface area contributed by atoms with Gasteiger partial charge in [0.25, 0.3) is 11.6 Å². The van der Waals surface area contributed by atoms with E-state index in [0.29, 0.717) is 6.61 Å². The second kappa shape index (κ2) is 6.70. The van der Waals surface area contributed by atoms with Crippen molar-refractivity contribution in [1.29, 1.82) is 0 Å². The third kappa shape index (κ3) is 4.14. The monoisotopic (exact) mass is 252 g/mol. The zero-order valence-corrected chi connectivity index (χ0v) is 10.4. The van der Waals surface area contributed by atoms with E-state index in [9.17, 15) is 14.9 Å². The first kappa shape index (κ1) is 14.1. The fourth-order valence-corrected chi connectivity index (χ4v) is 1.40. The van der Waals surface area contributed by atoms with Crippen molar-refractivity contribution in [3.8, 4) is 0 Å². The molecule has 0 spiro atoms. The number of nitro groups is 1. The lowest BCUT2D eigenvalue weighted by Gasteiger charge is -2.07. The molecule has 0 aliphatic rings. The number of nitrogens with zero attached hydrogens (tertiary/aromatic N) is 1. The summed E-state index contributed by atoms with van der Waals surface area (Å²) >= 11 is 0. The van der Waals surface area contributed by atoms with Gasteiger partial charge in [0.1, 0.15) is 12.3 Å². The van der Waals surface area contributed by atoms with Crippen molar-refractivity contribution in [3.05, 3.63) is 33.9 Å². The normalized spacial score (nSPS) is 10.1. The van der Waals surface area contributed by atoms with E-state index >= 15 is 0 Å². The van der Waals surface area contributed by atoms with Crippen LogP contribution in [0.5, 0.6) is 0 Å². The molecule has 18 heavy (non-hydrogen) atoms. The van der Waals surface area contributed by atoms with Gasteiger partial charge < -0.3 is 10.1 Å². The molecule has 1 N–H and O–H groups in total. The van der Waals surface area contributed by atoms with E-state index in [4.69, 9.17) is 4.74 Å². The van der Waals surface area contributed by atoms with E-state index in [-0.39, 0.29) is 18.0 Å². The fraction of sp³-hybridized carbons (Fsp3) is 0.417. The van der Waals surface area contributed by atoms with Gasteiger partial charge in [-0.05, 0) is 25.0 Å². The van der Waals surface area contributed by atoms with Crippen molar-refractivity contribution in [3.63, 3.8) is 0 Å². The Kier molecular flexibility index (Phi) is 5.26. The molecule has 98 valence electrons. The van der Waals surface area contributed by atoms with Crippen LogP contribution < -0.4 is 5.32 Å². The predicted octanol–water partition coefficient (Wildman–Crippen LogP) is 2.27. The number of anilines is 1. The Morgan fingerprint density at radius 3 is 2.83 bits per heavy atom. The third-order valence-electron chi connectivity index (χ3n) is 2.20. The van der Waals surface area contributed by atoms with E-state index in [1.807, 2.05) is 6.92 Å². The molecule has 1 amide bonds. The number of hydrogen-bond acceptors (Lipinski definition) is 4. The SMILES string of the molecule is CCCOCC(=O)Nc1cc(C)ccc1[N+](=O)[O-]. The zero-order valence-electron chi connectivity index (χ0n) is 10.4. The predicted molar refractivity (Wildman–Crippen MR) is 67.6 cm³/mol. The van der Waals surface area contributed by atoms with Crippen LogP contribution in [0.1, 0.15) is 18.9 Å². The Balaban J connectivity index is 2.73. The van der Waals surface area contributed by atoms with Gasteiger partial charge in [0.2, 0.25) is 0 Å². The highest BCUT2D eigenvalue weighted by Crippen LogP contribution is 2.24. The second-order valence-electron chi connectivity index (χ2n) is 3.88. The Bertz CT molecular complexity index is 446. The molecule has 0 aliphatic carbocycles. The molecule has 0 radical (unpaired) electrons. The summed E-state index contributed by atoms with van der Waals surface area (Å²) in [4.78, 5) is 21.8. The Hall–Kier alpha value is -1.95. The molecule has 0 atom stereocenters. The number of ether oxygens (including phenoxy) is 1. The summed E-state index contributed by atoms with van der Waals surface area (Å²) in [5.74, 6) is -0.392. The average molecular weight is 252 g/mol. The molecule has 0 aromatic heterocycles. The van der Waals surface area contributed by atoms with Crippen LogP contribution in [0.25, 0.3) is 0 Å². The molecule has 6 nitrogen and oxygen atoms in total. The highest BCUT2D eigenvalue weighted by Gasteiger charge is 2.15. The second-order valence-corrected chi connectivity index (χ2v) is 3.88. The van der Waals surface area contributed by atoms with E-state index in [2.05, 4.69) is 5.32 Å². The molecule has 1 aromatic carbocycles. The van der Waals surface area contributed by atoms with Gasteiger partial charge in [0.05, 0.1) is 4.92 Å². The number of aryl methyl sites for hydroxylation is 1. The smallest absolute Gasteiger partial charge is 0.292 e. The summed E-state index contributed by atoms with van der Waals surface area (Å²) in [7, 11) is 0. The van der Waals surface area contributed by atoms with Crippen molar-refractivity contribution in [2.75, 3.05) is 18.5 Å². The minimum Gasteiger partial charge on any atom is -0.372 e. The Morgan fingerprint density at radius 1 is 1.50 bits per heavy atom. The van der Waals surface area contributed by atoms with Crippen molar-refractivity contribution < 1.29 is 14.5 Å². The Morgan fingerprint density at radius 2 is 2.22 bits per heavy atom. The lowest BCUT2D eigenvalue weighted by Crippen LogP contribution is -2.19. The maximum Gasteiger partial charge on any atom is 0.292 e. The van der Waals surface area contributed by atoms with E-state index < -0.39 is 10.8 Å². The summed E-state index contributed by atoms with van der Waals surface area (Å²) in [5.41, 5.74) is 0.917. The summed E-state index contributed by atoms with van der Waals surface area (Å²) in [6, 6.07) is 4.56. The highest BCUT2D eigenvalue weighted by atomic mass is 16.6. The average Bonchev–Trinajstić information content (AvgIpc) is 2.29. The van der Waals surface area contributed by atoms with Crippen molar-refractivity contribution in [2.45, 2.75) is 20.3 Å². The number of rotatable bonds is 6. The van der Waals surface area contributed by atoms with E-state index in [0.717, 1.165) is 12.0 Å². The van der Waals surface area contributed by atoms with E-state index in [1.165, 1.54) is 6.07 Å². The number of hydrogen-bond donors (Lipinski definition) is 1. The minimum absolute atomic E-state index is 0.0983. The van der Waals surface area contributed by atoms with E-state index in [1.54, 1.807) is 19.1 Å². The van der Waals surface area contributed by atoms with Gasteiger partial charge in [-0.2, -0.15) is 0 Å². The maximum atomic E-state index is 11.5. The minimum atomic E-state index is -0.526. The number of carbonyl (C=O) groups is 1. The van der Waals surface area contributed by atoms with Gasteiger partial charge in [0, 0.05) is 12.7 Å². The molecule has 0 heterocycles. The number of benzene rings is 1. The fourth-order valence-electron chi connectivity index (χ4n) is 1.40. The first-order valence-corrected chi connectivity index (χ1v) is 5.67. The molecule has 0 aliphatic heterocycles. The Labute approximate surface area is 105 Å². The van der Waals surface area contributed by atoms with Crippen LogP contribution in [0.4, 0.5) is 11.4 Å². The molecular formula is C12H16N2O4. The summed E-state index contributed by atoms with van der Waals surface area (Å²) in [5, 5.41) is 13.3. The summed E-state index contributed by atoms with van der Waals surface area (Å²) in [6.45, 7) is 4.12. The van der Waals surface area contributed by atoms with Gasteiger partial charge in [-0.1, -0.05) is 13.0 Å². The molecule has 0 bridgehead atoms. The van der Waals surface area contributed by atoms with Crippen molar-refractivity contribution in [2.24, 2.45) is 0 Å². The number of nitrogens with one attached hydrogen (secondary N) is 1. The van der Waals surface area contributed by atoms with Crippen LogP contribution in [0.3, 0.4) is 0 Å². The standard InChI is InChI=1S/C12H16N2O4/c1-3-6-18-8-12(15)13-10-7-9(2)4-5-11(10)14(16)17/h4-5,7H,3,6,8H2,1-2H3,(H,13,15). The van der Waals surface area contributed by atoms with Gasteiger partial charge in [-0.15, -0.1) is 0 Å². The lowest BCUT2D eigenvalue weighted by atomic mass is 10.2. The van der Waals surface area contributed by atoms with Gasteiger partial charge >= 0.3 is 0 Å². The first-order chi connectivity index (χ1) is 8.54. The highest BCUT2D eigenvalue weighted by molar-refractivity contribution is 5.94. The van der Waals surface area contributed by atoms with Crippen molar-refractivity contribution >= 4 is 17.3 Å². The van der Waals surface area contributed by atoms with Crippen LogP contribution in [0, 0.1) is 17.0 Å². The van der Waals surface area contributed by atoms with Crippen LogP contribution in [0.15, 0.2) is 18.2 Å². The van der Waals surface area contributed by atoms with Crippen LogP contribution in [0.2, 0.25) is 0 Å². The summed E-state index contributed by atoms with van der Waals surface area (Å²) in [6.07, 6.45) is 0.817. The quantitative estimate of drug-likeness (QED) is 0.478. The molecule has 0 fully saturated rings. The van der Waals surface area contributed by atoms with Gasteiger partial charge in [0.15, 0.2) is 0 Å². The first-order valence-electron chi connectivity index (χ1n) is 5.67. The number of amides is 1. The van der Waals surface area contributed by atoms with Gasteiger partial charge in [-0.3, -0.25) is 14.9 Å². The topological polar surface area (TPSA) is 81.5 Å². The van der Waals surface area contributed by atoms with Crippen LogP contribution in [-0.4, -0.2) is 24.0 Å². The largest absolute Gasteiger partial charge is 0.372 e.